The minimum Gasteiger partial charge on any atom is -0.323 e. The molecule has 2 aromatic carbocycles. The van der Waals surface area contributed by atoms with Crippen molar-refractivity contribution in [2.75, 3.05) is 0 Å². The molecule has 1 aliphatic carbocycles. The molecule has 0 aliphatic heterocycles. The maximum atomic E-state index is 12.7. The molecule has 2 aromatic rings. The lowest BCUT2D eigenvalue weighted by molar-refractivity contribution is 0.646. The van der Waals surface area contributed by atoms with Gasteiger partial charge in [-0.1, -0.05) is 36.4 Å². The Morgan fingerprint density at radius 1 is 1.16 bits per heavy atom. The van der Waals surface area contributed by atoms with Crippen LogP contribution in [0.25, 0.3) is 0 Å². The number of nitrogens with two attached hydrogens (primary N) is 1. The molecule has 3 unspecified atom stereocenters. The van der Waals surface area contributed by atoms with E-state index in [1.807, 2.05) is 49.4 Å². The molecule has 0 saturated heterocycles. The number of hydrogen-bond donors (Lipinski definition) is 1. The first-order chi connectivity index (χ1) is 9.16. The zero-order valence-electron chi connectivity index (χ0n) is 10.9. The lowest BCUT2D eigenvalue weighted by Gasteiger charge is -2.16. The van der Waals surface area contributed by atoms with Crippen molar-refractivity contribution in [3.63, 3.8) is 0 Å². The minimum atomic E-state index is -1.05. The Balaban J connectivity index is 1.91. The van der Waals surface area contributed by atoms with Crippen LogP contribution in [0.1, 0.15) is 22.7 Å². The first kappa shape index (κ1) is 12.6. The van der Waals surface area contributed by atoms with Gasteiger partial charge in [0.15, 0.2) is 0 Å². The molecule has 3 heteroatoms. The van der Waals surface area contributed by atoms with Gasteiger partial charge in [0.1, 0.15) is 0 Å². The minimum absolute atomic E-state index is 0.0146. The highest BCUT2D eigenvalue weighted by atomic mass is 32.2. The summed E-state index contributed by atoms with van der Waals surface area (Å²) in [5.74, 6) is 0. The van der Waals surface area contributed by atoms with Crippen LogP contribution < -0.4 is 5.73 Å². The standard InChI is InChI=1S/C16H17NOS/c1-11-5-4-7-13(9-11)19(18)15-10-12-6-2-3-8-14(12)16(15)17/h2-9,15-16H,10,17H2,1H3. The topological polar surface area (TPSA) is 43.1 Å². The third-order valence-electron chi connectivity index (χ3n) is 3.73. The van der Waals surface area contributed by atoms with E-state index in [4.69, 9.17) is 5.73 Å². The molecule has 0 amide bonds. The largest absolute Gasteiger partial charge is 0.323 e. The average Bonchev–Trinajstić information content (AvgIpc) is 2.76. The Morgan fingerprint density at radius 3 is 2.68 bits per heavy atom. The first-order valence-electron chi connectivity index (χ1n) is 6.47. The van der Waals surface area contributed by atoms with Gasteiger partial charge < -0.3 is 5.73 Å². The predicted octanol–water partition coefficient (Wildman–Crippen LogP) is 2.73. The average molecular weight is 271 g/mol. The summed E-state index contributed by atoms with van der Waals surface area (Å²) in [6, 6.07) is 15.9. The van der Waals surface area contributed by atoms with Gasteiger partial charge in [0, 0.05) is 10.9 Å². The molecular formula is C16H17NOS. The van der Waals surface area contributed by atoms with E-state index >= 15 is 0 Å². The van der Waals surface area contributed by atoms with Gasteiger partial charge in [-0.05, 0) is 42.2 Å². The molecule has 0 saturated carbocycles. The second kappa shape index (κ2) is 4.91. The van der Waals surface area contributed by atoms with Crippen LogP contribution >= 0.6 is 0 Å². The van der Waals surface area contributed by atoms with Crippen molar-refractivity contribution in [2.45, 2.75) is 29.5 Å². The number of benzene rings is 2. The molecule has 0 bridgehead atoms. The van der Waals surface area contributed by atoms with Gasteiger partial charge >= 0.3 is 0 Å². The van der Waals surface area contributed by atoms with Crippen molar-refractivity contribution < 1.29 is 4.21 Å². The van der Waals surface area contributed by atoms with Crippen molar-refractivity contribution in [3.8, 4) is 0 Å². The Bertz CT molecular complexity index is 638. The van der Waals surface area contributed by atoms with Crippen LogP contribution in [0.5, 0.6) is 0 Å². The van der Waals surface area contributed by atoms with Crippen molar-refractivity contribution in [2.24, 2.45) is 5.73 Å². The summed E-state index contributed by atoms with van der Waals surface area (Å²) in [6.45, 7) is 2.02. The quantitative estimate of drug-likeness (QED) is 0.912. The Morgan fingerprint density at radius 2 is 1.95 bits per heavy atom. The van der Waals surface area contributed by atoms with Crippen LogP contribution in [0.15, 0.2) is 53.4 Å². The number of hydrogen-bond acceptors (Lipinski definition) is 2. The number of rotatable bonds is 2. The highest BCUT2D eigenvalue weighted by Gasteiger charge is 2.34. The van der Waals surface area contributed by atoms with Crippen molar-refractivity contribution in [3.05, 3.63) is 65.2 Å². The molecular weight excluding hydrogens is 254 g/mol. The fraction of sp³-hybridized carbons (Fsp3) is 0.250. The van der Waals surface area contributed by atoms with Crippen LogP contribution in [0.3, 0.4) is 0 Å². The maximum Gasteiger partial charge on any atom is 0.0627 e. The molecule has 0 fully saturated rings. The van der Waals surface area contributed by atoms with Crippen molar-refractivity contribution in [1.82, 2.24) is 0 Å². The van der Waals surface area contributed by atoms with E-state index in [0.717, 1.165) is 22.4 Å². The summed E-state index contributed by atoms with van der Waals surface area (Å²) in [6.07, 6.45) is 0.803. The smallest absolute Gasteiger partial charge is 0.0627 e. The van der Waals surface area contributed by atoms with Gasteiger partial charge in [0.2, 0.25) is 0 Å². The normalized spacial score (nSPS) is 23.1. The highest BCUT2D eigenvalue weighted by Crippen LogP contribution is 2.34. The molecule has 0 radical (unpaired) electrons. The van der Waals surface area contributed by atoms with E-state index in [1.54, 1.807) is 0 Å². The number of fused-ring (bicyclic) bond motifs is 1. The molecule has 2 N–H and O–H groups in total. The Kier molecular flexibility index (Phi) is 3.25. The van der Waals surface area contributed by atoms with Crippen molar-refractivity contribution in [1.29, 1.82) is 0 Å². The van der Waals surface area contributed by atoms with Crippen molar-refractivity contribution >= 4 is 10.8 Å². The molecule has 0 aromatic heterocycles. The van der Waals surface area contributed by atoms with Crippen LogP contribution in [-0.4, -0.2) is 9.46 Å². The second-order valence-electron chi connectivity index (χ2n) is 5.08. The van der Waals surface area contributed by atoms with Gasteiger partial charge in [0.25, 0.3) is 0 Å². The van der Waals surface area contributed by atoms with Crippen LogP contribution in [0.2, 0.25) is 0 Å². The summed E-state index contributed by atoms with van der Waals surface area (Å²) in [4.78, 5) is 0.883. The lowest BCUT2D eigenvalue weighted by atomic mass is 10.1. The molecule has 3 atom stereocenters. The predicted molar refractivity (Wildman–Crippen MR) is 78.4 cm³/mol. The SMILES string of the molecule is Cc1cccc(S(=O)C2Cc3ccccc3C2N)c1. The second-order valence-corrected chi connectivity index (χ2v) is 6.75. The molecule has 98 valence electrons. The molecule has 0 heterocycles. The van der Waals surface area contributed by atoms with E-state index in [0.29, 0.717) is 0 Å². The van der Waals surface area contributed by atoms with Crippen LogP contribution in [0, 0.1) is 6.92 Å². The summed E-state index contributed by atoms with van der Waals surface area (Å²) in [5, 5.41) is -0.0146. The zero-order valence-corrected chi connectivity index (χ0v) is 11.7. The first-order valence-corrected chi connectivity index (χ1v) is 7.69. The monoisotopic (exact) mass is 271 g/mol. The fourth-order valence-electron chi connectivity index (χ4n) is 2.71. The lowest BCUT2D eigenvalue weighted by Crippen LogP contribution is -2.26. The zero-order chi connectivity index (χ0) is 13.4. The van der Waals surface area contributed by atoms with E-state index < -0.39 is 10.8 Å². The molecule has 19 heavy (non-hydrogen) atoms. The highest BCUT2D eigenvalue weighted by molar-refractivity contribution is 7.85. The summed E-state index contributed by atoms with van der Waals surface area (Å²) >= 11 is 0. The molecule has 3 rings (SSSR count). The summed E-state index contributed by atoms with van der Waals surface area (Å²) in [5.41, 5.74) is 9.79. The van der Waals surface area contributed by atoms with E-state index in [2.05, 4.69) is 6.07 Å². The van der Waals surface area contributed by atoms with Gasteiger partial charge in [-0.3, -0.25) is 4.21 Å². The summed E-state index contributed by atoms with van der Waals surface area (Å²) < 4.78 is 12.7. The fourth-order valence-corrected chi connectivity index (χ4v) is 4.32. The van der Waals surface area contributed by atoms with Crippen LogP contribution in [-0.2, 0) is 17.2 Å². The van der Waals surface area contributed by atoms with Gasteiger partial charge in [-0.2, -0.15) is 0 Å². The molecule has 2 nitrogen and oxygen atoms in total. The third-order valence-corrected chi connectivity index (χ3v) is 5.46. The molecule has 0 spiro atoms. The molecule has 1 aliphatic rings. The van der Waals surface area contributed by atoms with Gasteiger partial charge in [-0.25, -0.2) is 0 Å². The van der Waals surface area contributed by atoms with E-state index in [1.165, 1.54) is 5.56 Å². The number of aryl methyl sites for hydroxylation is 1. The third kappa shape index (κ3) is 2.24. The summed E-state index contributed by atoms with van der Waals surface area (Å²) in [7, 11) is -1.05. The Labute approximate surface area is 116 Å². The Hall–Kier alpha value is -1.45. The van der Waals surface area contributed by atoms with Gasteiger partial charge in [0.05, 0.1) is 16.0 Å². The van der Waals surface area contributed by atoms with Crippen LogP contribution in [0.4, 0.5) is 0 Å². The van der Waals surface area contributed by atoms with E-state index in [-0.39, 0.29) is 11.3 Å². The van der Waals surface area contributed by atoms with E-state index in [9.17, 15) is 4.21 Å². The maximum absolute atomic E-state index is 12.7. The van der Waals surface area contributed by atoms with Gasteiger partial charge in [-0.15, -0.1) is 0 Å².